The Hall–Kier alpha value is -2.68. The Balaban J connectivity index is -0.000000791. The van der Waals surface area contributed by atoms with Crippen LogP contribution in [0.15, 0.2) is 24.3 Å². The highest BCUT2D eigenvalue weighted by molar-refractivity contribution is 5.75. The van der Waals surface area contributed by atoms with E-state index in [-0.39, 0.29) is 17.8 Å². The molecule has 0 fully saturated rings. The number of amides is 1. The lowest BCUT2D eigenvalue weighted by molar-refractivity contribution is -0.141. The summed E-state index contributed by atoms with van der Waals surface area (Å²) >= 11 is 0. The number of unbranched alkanes of at least 4 members (excludes halogenated alkanes) is 18. The van der Waals surface area contributed by atoms with Gasteiger partial charge in [0.05, 0.1) is 14.2 Å². The van der Waals surface area contributed by atoms with Crippen LogP contribution in [0.4, 0.5) is 0 Å². The number of esters is 2. The molecule has 0 unspecified atom stereocenters. The van der Waals surface area contributed by atoms with E-state index in [0.29, 0.717) is 25.7 Å². The molecule has 0 aromatic carbocycles. The number of carboxylic acids is 1. The van der Waals surface area contributed by atoms with Gasteiger partial charge in [-0.15, -0.1) is 0 Å². The van der Waals surface area contributed by atoms with Crippen LogP contribution >= 0.6 is 0 Å². The average Bonchev–Trinajstić information content (AvgIpc) is 3.11. The van der Waals surface area contributed by atoms with E-state index in [1.165, 1.54) is 104 Å². The molecule has 0 heterocycles. The molecular formula is C42H80N2O7. The number of nitrogens with one attached hydrogen (secondary N) is 1. The van der Waals surface area contributed by atoms with E-state index in [4.69, 9.17) is 10.8 Å². The first-order chi connectivity index (χ1) is 24.8. The molecule has 9 heteroatoms. The largest absolute Gasteiger partial charge is 0.481 e. The Morgan fingerprint density at radius 2 is 0.863 bits per heavy atom. The molecule has 0 rings (SSSR count). The van der Waals surface area contributed by atoms with Gasteiger partial charge in [0.1, 0.15) is 0 Å². The summed E-state index contributed by atoms with van der Waals surface area (Å²) in [6.07, 6.45) is 39.2. The van der Waals surface area contributed by atoms with Gasteiger partial charge in [-0.25, -0.2) is 0 Å². The van der Waals surface area contributed by atoms with Crippen molar-refractivity contribution in [2.24, 2.45) is 5.73 Å². The third kappa shape index (κ3) is 54.3. The molecule has 0 atom stereocenters. The van der Waals surface area contributed by atoms with Crippen LogP contribution in [0.25, 0.3) is 0 Å². The second-order valence-corrected chi connectivity index (χ2v) is 13.1. The quantitative estimate of drug-likeness (QED) is 0.0344. The standard InChI is InChI=1S/C21H39NO3.C17H33NO2.C4H8O2/c1-3-17-20(23)22-19-16-14-12-10-8-6-4-5-7-9-11-13-15-18-21(24)25-2;1-20-17(19)15-13-11-9-7-5-3-2-4-6-8-10-12-14-16-18;1-2-3-4(5)6/h8,10H,3-7,9,11-19H2,1-2H3,(H,22,23);6,8H,2-5,7,9-16,18H2,1H3;2-3H2,1H3,(H,5,6)/b10-8-;8-6-;. The first-order valence-electron chi connectivity index (χ1n) is 20.4. The van der Waals surface area contributed by atoms with E-state index >= 15 is 0 Å². The monoisotopic (exact) mass is 725 g/mol. The van der Waals surface area contributed by atoms with Crippen molar-refractivity contribution >= 4 is 23.8 Å². The number of nitrogens with two attached hydrogens (primary N) is 1. The van der Waals surface area contributed by atoms with Gasteiger partial charge in [-0.05, 0) is 96.4 Å². The molecule has 0 radical (unpaired) electrons. The zero-order valence-electron chi connectivity index (χ0n) is 33.5. The highest BCUT2D eigenvalue weighted by Gasteiger charge is 2.00. The van der Waals surface area contributed by atoms with Gasteiger partial charge in [0, 0.05) is 32.2 Å². The number of allylic oxidation sites excluding steroid dienone is 4. The van der Waals surface area contributed by atoms with E-state index in [0.717, 1.165) is 77.3 Å². The van der Waals surface area contributed by atoms with Gasteiger partial charge in [0.2, 0.25) is 5.91 Å². The third-order valence-electron chi connectivity index (χ3n) is 8.18. The highest BCUT2D eigenvalue weighted by Crippen LogP contribution is 2.12. The van der Waals surface area contributed by atoms with Crippen molar-refractivity contribution in [2.75, 3.05) is 27.3 Å². The van der Waals surface area contributed by atoms with Crippen LogP contribution < -0.4 is 11.1 Å². The molecule has 4 N–H and O–H groups in total. The zero-order chi connectivity index (χ0) is 38.5. The summed E-state index contributed by atoms with van der Waals surface area (Å²) in [5.41, 5.74) is 5.44. The molecule has 0 aromatic heterocycles. The molecule has 0 saturated carbocycles. The fourth-order valence-electron chi connectivity index (χ4n) is 5.06. The van der Waals surface area contributed by atoms with Crippen molar-refractivity contribution in [3.05, 3.63) is 24.3 Å². The van der Waals surface area contributed by atoms with E-state index in [2.05, 4.69) is 39.1 Å². The Kier molecular flexibility index (Phi) is 48.9. The number of rotatable bonds is 33. The maximum atomic E-state index is 11.3. The maximum Gasteiger partial charge on any atom is 0.305 e. The predicted molar refractivity (Wildman–Crippen MR) is 213 cm³/mol. The lowest BCUT2D eigenvalue weighted by atomic mass is 10.1. The Morgan fingerprint density at radius 1 is 0.510 bits per heavy atom. The first-order valence-corrected chi connectivity index (χ1v) is 20.4. The second-order valence-electron chi connectivity index (χ2n) is 13.1. The van der Waals surface area contributed by atoms with Gasteiger partial charge in [0.15, 0.2) is 0 Å². The molecule has 9 nitrogen and oxygen atoms in total. The van der Waals surface area contributed by atoms with Crippen LogP contribution in [0, 0.1) is 0 Å². The summed E-state index contributed by atoms with van der Waals surface area (Å²) < 4.78 is 9.24. The van der Waals surface area contributed by atoms with Gasteiger partial charge in [-0.2, -0.15) is 0 Å². The minimum Gasteiger partial charge on any atom is -0.481 e. The summed E-state index contributed by atoms with van der Waals surface area (Å²) in [5.74, 6) is -0.699. The SMILES string of the molecule is CCCC(=O)NCCCC/C=C\CCCCCCCCCC(=O)OC.CCCC(=O)O.COC(=O)CCCCCCCCC/C=C\CCCCN. The number of carbonyl (C=O) groups excluding carboxylic acids is 3. The molecule has 0 aliphatic carbocycles. The van der Waals surface area contributed by atoms with Gasteiger partial charge in [-0.1, -0.05) is 102 Å². The van der Waals surface area contributed by atoms with Crippen molar-refractivity contribution in [1.82, 2.24) is 5.32 Å². The van der Waals surface area contributed by atoms with Crippen LogP contribution in [0.2, 0.25) is 0 Å². The molecule has 1 amide bonds. The average molecular weight is 725 g/mol. The second kappa shape index (κ2) is 47.3. The van der Waals surface area contributed by atoms with Crippen LogP contribution in [0.5, 0.6) is 0 Å². The lowest BCUT2D eigenvalue weighted by Crippen LogP contribution is -2.23. The highest BCUT2D eigenvalue weighted by atomic mass is 16.5. The number of hydrogen-bond donors (Lipinski definition) is 3. The van der Waals surface area contributed by atoms with E-state index in [1.807, 2.05) is 13.8 Å². The summed E-state index contributed by atoms with van der Waals surface area (Å²) in [7, 11) is 2.90. The molecule has 0 aliphatic heterocycles. The van der Waals surface area contributed by atoms with Crippen molar-refractivity contribution in [2.45, 2.75) is 194 Å². The smallest absolute Gasteiger partial charge is 0.305 e. The third-order valence-corrected chi connectivity index (χ3v) is 8.18. The Labute approximate surface area is 313 Å². The molecule has 0 spiro atoms. The van der Waals surface area contributed by atoms with E-state index < -0.39 is 5.97 Å². The van der Waals surface area contributed by atoms with Crippen LogP contribution in [0.1, 0.15) is 194 Å². The Morgan fingerprint density at radius 3 is 1.20 bits per heavy atom. The molecule has 0 saturated heterocycles. The first kappa shape index (κ1) is 52.7. The topological polar surface area (TPSA) is 145 Å². The number of carboxylic acid groups (broad SMARTS) is 1. The van der Waals surface area contributed by atoms with Crippen LogP contribution in [-0.2, 0) is 28.7 Å². The van der Waals surface area contributed by atoms with Gasteiger partial charge in [0.25, 0.3) is 0 Å². The number of ether oxygens (including phenoxy) is 2. The normalized spacial score (nSPS) is 10.7. The number of carbonyl (C=O) groups is 4. The van der Waals surface area contributed by atoms with E-state index in [9.17, 15) is 19.2 Å². The fraction of sp³-hybridized carbons (Fsp3) is 0.810. The van der Waals surface area contributed by atoms with Gasteiger partial charge < -0.3 is 25.6 Å². The fourth-order valence-corrected chi connectivity index (χ4v) is 5.06. The predicted octanol–water partition coefficient (Wildman–Crippen LogP) is 10.5. The van der Waals surface area contributed by atoms with Gasteiger partial charge >= 0.3 is 17.9 Å². The van der Waals surface area contributed by atoms with Crippen molar-refractivity contribution in [1.29, 1.82) is 0 Å². The maximum absolute atomic E-state index is 11.3. The Bertz CT molecular complexity index is 830. The van der Waals surface area contributed by atoms with Crippen molar-refractivity contribution < 1.29 is 33.8 Å². The molecule has 300 valence electrons. The summed E-state index contributed by atoms with van der Waals surface area (Å²) in [4.78, 5) is 42.7. The molecule has 0 aliphatic rings. The van der Waals surface area contributed by atoms with Crippen molar-refractivity contribution in [3.63, 3.8) is 0 Å². The van der Waals surface area contributed by atoms with E-state index in [1.54, 1.807) is 0 Å². The number of methoxy groups -OCH3 is 2. The summed E-state index contributed by atoms with van der Waals surface area (Å²) in [6.45, 7) is 5.49. The number of hydrogen-bond acceptors (Lipinski definition) is 7. The lowest BCUT2D eigenvalue weighted by Gasteiger charge is -2.02. The number of aliphatic carboxylic acids is 1. The van der Waals surface area contributed by atoms with Gasteiger partial charge in [-0.3, -0.25) is 19.2 Å². The zero-order valence-corrected chi connectivity index (χ0v) is 33.5. The minimum atomic E-state index is -0.711. The molecule has 0 bridgehead atoms. The van der Waals surface area contributed by atoms with Crippen LogP contribution in [0.3, 0.4) is 0 Å². The summed E-state index contributed by atoms with van der Waals surface area (Å²) in [6, 6.07) is 0. The summed E-state index contributed by atoms with van der Waals surface area (Å²) in [5, 5.41) is 10.9. The van der Waals surface area contributed by atoms with Crippen molar-refractivity contribution in [3.8, 4) is 0 Å². The minimum absolute atomic E-state index is 0.0803. The van der Waals surface area contributed by atoms with Crippen LogP contribution in [-0.4, -0.2) is 56.2 Å². The molecular weight excluding hydrogens is 644 g/mol. The molecule has 0 aromatic rings. The molecule has 51 heavy (non-hydrogen) atoms.